The highest BCUT2D eigenvalue weighted by Gasteiger charge is 2.57. The number of rotatable bonds is 3. The van der Waals surface area contributed by atoms with Crippen LogP contribution in [0.2, 0.25) is 0 Å². The smallest absolute Gasteiger partial charge is 0.00824 e. The van der Waals surface area contributed by atoms with Gasteiger partial charge in [0.15, 0.2) is 0 Å². The van der Waals surface area contributed by atoms with E-state index in [-0.39, 0.29) is 0 Å². The topological polar surface area (TPSA) is 0 Å². The molecule has 31 heavy (non-hydrogen) atoms. The van der Waals surface area contributed by atoms with Crippen molar-refractivity contribution in [2.75, 3.05) is 0 Å². The second kappa shape index (κ2) is 8.09. The Balaban J connectivity index is 1.48. The van der Waals surface area contributed by atoms with E-state index in [4.69, 9.17) is 0 Å². The fraction of sp³-hybridized carbons (Fsp3) is 0.613. The minimum atomic E-state index is 0.397. The van der Waals surface area contributed by atoms with Crippen LogP contribution in [0.25, 0.3) is 12.2 Å². The maximum absolute atomic E-state index is 4.11. The summed E-state index contributed by atoms with van der Waals surface area (Å²) in [5.41, 5.74) is 6.83. The van der Waals surface area contributed by atoms with Gasteiger partial charge in [0.2, 0.25) is 0 Å². The zero-order chi connectivity index (χ0) is 21.6. The first-order valence-electron chi connectivity index (χ1n) is 13.1. The Labute approximate surface area is 190 Å². The molecule has 5 rings (SSSR count). The molecule has 166 valence electrons. The summed E-state index contributed by atoms with van der Waals surface area (Å²) < 4.78 is 0. The van der Waals surface area contributed by atoms with Gasteiger partial charge in [-0.15, -0.1) is 0 Å². The maximum atomic E-state index is 4.11. The van der Waals surface area contributed by atoms with Crippen molar-refractivity contribution in [2.45, 2.75) is 90.9 Å². The van der Waals surface area contributed by atoms with Gasteiger partial charge in [0.1, 0.15) is 0 Å². The van der Waals surface area contributed by atoms with E-state index in [1.54, 1.807) is 5.56 Å². The van der Waals surface area contributed by atoms with Crippen LogP contribution in [0.4, 0.5) is 0 Å². The SMILES string of the molecule is C=Cc1cc(C2CCC3C2(C)CC=C2CC4CCCCC4CC[C@@]23C)ccc1/C=C\C. The van der Waals surface area contributed by atoms with Crippen molar-refractivity contribution in [3.05, 3.63) is 59.2 Å². The standard InChI is InChI=1S/C31H42/c1-5-9-23-12-13-26(20-22(23)6-2)28-14-15-29-30(3)18-16-24-10-7-8-11-25(24)21-27(30)17-19-31(28,29)4/h5-6,9,12-13,17,20,24-25,28-29H,2,7-8,10-11,14-16,18-19,21H2,1,3-4H3/b9-5-/t24?,25?,28?,29?,30-,31?/m0/s1. The Morgan fingerprint density at radius 1 is 0.968 bits per heavy atom. The molecule has 6 atom stereocenters. The summed E-state index contributed by atoms with van der Waals surface area (Å²) in [7, 11) is 0. The van der Waals surface area contributed by atoms with E-state index < -0.39 is 0 Å². The average Bonchev–Trinajstić information content (AvgIpc) is 3.06. The molecule has 1 aromatic carbocycles. The molecule has 0 spiro atoms. The lowest BCUT2D eigenvalue weighted by molar-refractivity contribution is 0.0676. The first-order chi connectivity index (χ1) is 15.0. The molecule has 0 aromatic heterocycles. The summed E-state index contributed by atoms with van der Waals surface area (Å²) in [6, 6.07) is 7.19. The van der Waals surface area contributed by atoms with Crippen LogP contribution < -0.4 is 0 Å². The molecule has 5 unspecified atom stereocenters. The van der Waals surface area contributed by atoms with Crippen LogP contribution in [0, 0.1) is 28.6 Å². The first kappa shape index (κ1) is 21.3. The minimum Gasteiger partial charge on any atom is -0.0984 e. The summed E-state index contributed by atoms with van der Waals surface area (Å²) in [6.07, 6.45) is 23.4. The molecule has 4 aliphatic rings. The van der Waals surface area contributed by atoms with E-state index in [2.05, 4.69) is 63.8 Å². The van der Waals surface area contributed by atoms with Crippen LogP contribution in [-0.2, 0) is 0 Å². The van der Waals surface area contributed by atoms with E-state index in [0.717, 1.165) is 17.8 Å². The monoisotopic (exact) mass is 414 g/mol. The maximum Gasteiger partial charge on any atom is -0.00824 e. The lowest BCUT2D eigenvalue weighted by atomic mass is 9.53. The molecule has 0 radical (unpaired) electrons. The molecule has 0 heteroatoms. The third kappa shape index (κ3) is 3.40. The lowest BCUT2D eigenvalue weighted by Gasteiger charge is -2.51. The molecule has 0 aliphatic heterocycles. The van der Waals surface area contributed by atoms with Gasteiger partial charge in [0.05, 0.1) is 0 Å². The van der Waals surface area contributed by atoms with Crippen molar-refractivity contribution in [3.63, 3.8) is 0 Å². The van der Waals surface area contributed by atoms with Gasteiger partial charge >= 0.3 is 0 Å². The van der Waals surface area contributed by atoms with Gasteiger partial charge < -0.3 is 0 Å². The lowest BCUT2D eigenvalue weighted by Crippen LogP contribution is -2.42. The van der Waals surface area contributed by atoms with Gasteiger partial charge in [-0.25, -0.2) is 0 Å². The van der Waals surface area contributed by atoms with Crippen molar-refractivity contribution in [1.29, 1.82) is 0 Å². The second-order valence-corrected chi connectivity index (χ2v) is 11.7. The van der Waals surface area contributed by atoms with Gasteiger partial charge in [-0.05, 0) is 103 Å². The van der Waals surface area contributed by atoms with Gasteiger partial charge in [-0.3, -0.25) is 0 Å². The highest BCUT2D eigenvalue weighted by atomic mass is 14.6. The van der Waals surface area contributed by atoms with E-state index in [1.807, 2.05) is 11.6 Å². The molecule has 3 saturated carbocycles. The zero-order valence-corrected chi connectivity index (χ0v) is 20.1. The van der Waals surface area contributed by atoms with Crippen LogP contribution in [0.15, 0.2) is 42.5 Å². The van der Waals surface area contributed by atoms with Gasteiger partial charge in [0, 0.05) is 0 Å². The molecular formula is C31H42. The Morgan fingerprint density at radius 3 is 2.55 bits per heavy atom. The largest absolute Gasteiger partial charge is 0.0984 e. The van der Waals surface area contributed by atoms with Gasteiger partial charge in [-0.2, -0.15) is 0 Å². The molecular weight excluding hydrogens is 372 g/mol. The zero-order valence-electron chi connectivity index (χ0n) is 20.1. The van der Waals surface area contributed by atoms with Gasteiger partial charge in [-0.1, -0.05) is 87.8 Å². The van der Waals surface area contributed by atoms with Crippen molar-refractivity contribution in [2.24, 2.45) is 28.6 Å². The van der Waals surface area contributed by atoms with E-state index >= 15 is 0 Å². The summed E-state index contributed by atoms with van der Waals surface area (Å²) in [6.45, 7) is 11.5. The van der Waals surface area contributed by atoms with Gasteiger partial charge in [0.25, 0.3) is 0 Å². The third-order valence-electron chi connectivity index (χ3n) is 10.3. The number of hydrogen-bond donors (Lipinski definition) is 0. The predicted molar refractivity (Wildman–Crippen MR) is 135 cm³/mol. The number of fused-ring (bicyclic) bond motifs is 4. The second-order valence-electron chi connectivity index (χ2n) is 11.7. The molecule has 0 heterocycles. The fourth-order valence-corrected chi connectivity index (χ4v) is 8.58. The Hall–Kier alpha value is -1.56. The number of benzene rings is 1. The first-order valence-corrected chi connectivity index (χ1v) is 13.1. The molecule has 0 amide bonds. The summed E-state index contributed by atoms with van der Waals surface area (Å²) in [4.78, 5) is 0. The highest BCUT2D eigenvalue weighted by molar-refractivity contribution is 5.65. The Kier molecular flexibility index (Phi) is 5.56. The quantitative estimate of drug-likeness (QED) is 0.432. The van der Waals surface area contributed by atoms with Crippen LogP contribution in [0.1, 0.15) is 108 Å². The molecule has 0 N–H and O–H groups in total. The van der Waals surface area contributed by atoms with E-state index in [1.165, 1.54) is 75.3 Å². The van der Waals surface area contributed by atoms with Crippen LogP contribution >= 0.6 is 0 Å². The van der Waals surface area contributed by atoms with Crippen LogP contribution in [-0.4, -0.2) is 0 Å². The Morgan fingerprint density at radius 2 is 1.77 bits per heavy atom. The van der Waals surface area contributed by atoms with E-state index in [9.17, 15) is 0 Å². The number of allylic oxidation sites excluding steroid dienone is 3. The summed E-state index contributed by atoms with van der Waals surface area (Å²) >= 11 is 0. The molecule has 1 aromatic rings. The van der Waals surface area contributed by atoms with E-state index in [0.29, 0.717) is 16.7 Å². The van der Waals surface area contributed by atoms with Crippen molar-refractivity contribution >= 4 is 12.2 Å². The normalized spacial score (nSPS) is 39.9. The molecule has 0 bridgehead atoms. The summed E-state index contributed by atoms with van der Waals surface area (Å²) in [5, 5.41) is 0. The number of hydrogen-bond acceptors (Lipinski definition) is 0. The molecule has 0 nitrogen and oxygen atoms in total. The summed E-state index contributed by atoms with van der Waals surface area (Å²) in [5.74, 6) is 3.51. The predicted octanol–water partition coefficient (Wildman–Crippen LogP) is 9.19. The average molecular weight is 415 g/mol. The molecule has 3 fully saturated rings. The minimum absolute atomic E-state index is 0.397. The van der Waals surface area contributed by atoms with Crippen molar-refractivity contribution in [1.82, 2.24) is 0 Å². The molecule has 0 saturated heterocycles. The fourth-order valence-electron chi connectivity index (χ4n) is 8.58. The Bertz CT molecular complexity index is 901. The van der Waals surface area contributed by atoms with Crippen molar-refractivity contribution < 1.29 is 0 Å². The third-order valence-corrected chi connectivity index (χ3v) is 10.3. The van der Waals surface area contributed by atoms with Crippen molar-refractivity contribution in [3.8, 4) is 0 Å². The van der Waals surface area contributed by atoms with Crippen LogP contribution in [0.5, 0.6) is 0 Å². The van der Waals surface area contributed by atoms with Crippen LogP contribution in [0.3, 0.4) is 0 Å². The highest BCUT2D eigenvalue weighted by Crippen LogP contribution is 2.67. The molecule has 4 aliphatic carbocycles.